The van der Waals surface area contributed by atoms with E-state index >= 15 is 0 Å². The molecule has 1 aliphatic heterocycles. The first-order valence-corrected chi connectivity index (χ1v) is 15.9. The zero-order valence-corrected chi connectivity index (χ0v) is 25.2. The molecule has 3 aliphatic rings. The van der Waals surface area contributed by atoms with Gasteiger partial charge in [-0.05, 0) is 87.0 Å². The number of hydrogen-bond donors (Lipinski definition) is 1. The molecule has 0 radical (unpaired) electrons. The molecule has 8 nitrogen and oxygen atoms in total. The van der Waals surface area contributed by atoms with Crippen molar-refractivity contribution in [2.45, 2.75) is 82.4 Å². The molecular weight excluding hydrogens is 583 g/mol. The minimum absolute atomic E-state index is 0.0290. The molecule has 1 N–H and O–H groups in total. The van der Waals surface area contributed by atoms with E-state index in [1.807, 2.05) is 51.2 Å². The molecular formula is C31H34F3N3O5S. The molecule has 1 amide bonds. The van der Waals surface area contributed by atoms with Crippen molar-refractivity contribution in [3.05, 3.63) is 59.5 Å². The van der Waals surface area contributed by atoms with Gasteiger partial charge in [-0.3, -0.25) is 4.90 Å². The first-order chi connectivity index (χ1) is 20.1. The molecule has 1 saturated carbocycles. The number of carbonyl (C=O) groups is 1. The number of nitrogens with zero attached hydrogens (tertiary/aromatic N) is 2. The second kappa shape index (κ2) is 10.3. The van der Waals surface area contributed by atoms with Crippen molar-refractivity contribution in [2.75, 3.05) is 6.54 Å². The van der Waals surface area contributed by atoms with Crippen LogP contribution in [0.25, 0.3) is 22.4 Å². The Morgan fingerprint density at radius 1 is 0.977 bits per heavy atom. The average molecular weight is 618 g/mol. The van der Waals surface area contributed by atoms with Crippen LogP contribution in [0.4, 0.5) is 18.0 Å². The Kier molecular flexibility index (Phi) is 7.06. The van der Waals surface area contributed by atoms with Crippen LogP contribution in [-0.2, 0) is 14.9 Å². The van der Waals surface area contributed by atoms with Crippen LogP contribution in [0.3, 0.4) is 0 Å². The summed E-state index contributed by atoms with van der Waals surface area (Å²) in [6.07, 6.45) is 4.66. The number of fused-ring (bicyclic) bond motifs is 5. The average Bonchev–Trinajstić information content (AvgIpc) is 3.71. The Hall–Kier alpha value is -3.54. The van der Waals surface area contributed by atoms with Crippen molar-refractivity contribution >= 4 is 16.2 Å². The van der Waals surface area contributed by atoms with E-state index < -0.39 is 21.2 Å². The van der Waals surface area contributed by atoms with Crippen molar-refractivity contribution in [1.82, 2.24) is 14.9 Å². The number of aromatic amines is 1. The van der Waals surface area contributed by atoms with E-state index in [0.717, 1.165) is 53.6 Å². The minimum atomic E-state index is -5.77. The number of ether oxygens (including phenoxy) is 1. The van der Waals surface area contributed by atoms with E-state index in [2.05, 4.69) is 16.1 Å². The van der Waals surface area contributed by atoms with Gasteiger partial charge in [0.2, 0.25) is 0 Å². The number of carbonyl (C=O) groups excluding carboxylic acids is 1. The van der Waals surface area contributed by atoms with Gasteiger partial charge in [0.15, 0.2) is 0 Å². The Morgan fingerprint density at radius 2 is 1.63 bits per heavy atom. The van der Waals surface area contributed by atoms with Crippen molar-refractivity contribution in [3.8, 4) is 28.1 Å². The molecule has 2 fully saturated rings. The maximum atomic E-state index is 13.1. The van der Waals surface area contributed by atoms with Crippen LogP contribution in [-0.4, -0.2) is 47.0 Å². The number of benzene rings is 2. The molecule has 0 spiro atoms. The van der Waals surface area contributed by atoms with Gasteiger partial charge in [-0.15, -0.1) is 0 Å². The maximum absolute atomic E-state index is 13.1. The van der Waals surface area contributed by atoms with Gasteiger partial charge in [0.25, 0.3) is 0 Å². The first-order valence-electron chi connectivity index (χ1n) is 14.4. The smallest absolute Gasteiger partial charge is 0.444 e. The number of likely N-dealkylation sites (tertiary alicyclic amines) is 1. The first kappa shape index (κ1) is 29.5. The molecule has 12 heteroatoms. The molecule has 2 aromatic carbocycles. The SMILES string of the molecule is C[C@H]1C[C@@H](c2nc(-c3ccc(-c4ccc(OS(=O)(=O)C(F)(F)F)c5c4C4CCC5C4)cc3)c[nH]2)N(C(=O)OC(C)(C)C)C1. The Bertz CT molecular complexity index is 1660. The number of rotatable bonds is 5. The van der Waals surface area contributed by atoms with Gasteiger partial charge in [-0.1, -0.05) is 37.3 Å². The van der Waals surface area contributed by atoms with Crippen molar-refractivity contribution < 1.29 is 35.3 Å². The molecule has 43 heavy (non-hydrogen) atoms. The highest BCUT2D eigenvalue weighted by atomic mass is 32.2. The molecule has 3 aromatic rings. The maximum Gasteiger partial charge on any atom is 0.534 e. The molecule has 2 unspecified atom stereocenters. The summed E-state index contributed by atoms with van der Waals surface area (Å²) in [5, 5.41) is 0. The summed E-state index contributed by atoms with van der Waals surface area (Å²) in [6, 6.07) is 10.5. The van der Waals surface area contributed by atoms with Crippen molar-refractivity contribution in [3.63, 3.8) is 0 Å². The van der Waals surface area contributed by atoms with E-state index in [-0.39, 0.29) is 29.7 Å². The molecule has 2 aliphatic carbocycles. The minimum Gasteiger partial charge on any atom is -0.444 e. The topological polar surface area (TPSA) is 102 Å². The summed E-state index contributed by atoms with van der Waals surface area (Å²) >= 11 is 0. The predicted octanol–water partition coefficient (Wildman–Crippen LogP) is 7.65. The lowest BCUT2D eigenvalue weighted by atomic mass is 9.85. The fourth-order valence-corrected chi connectivity index (χ4v) is 7.25. The van der Waals surface area contributed by atoms with Gasteiger partial charge in [-0.25, -0.2) is 9.78 Å². The molecule has 4 atom stereocenters. The van der Waals surface area contributed by atoms with Crippen molar-refractivity contribution in [1.29, 1.82) is 0 Å². The van der Waals surface area contributed by atoms with Gasteiger partial charge < -0.3 is 13.9 Å². The van der Waals surface area contributed by atoms with Gasteiger partial charge in [0.05, 0.1) is 11.7 Å². The van der Waals surface area contributed by atoms with Gasteiger partial charge in [0, 0.05) is 23.9 Å². The van der Waals surface area contributed by atoms with E-state index in [4.69, 9.17) is 9.72 Å². The predicted molar refractivity (Wildman–Crippen MR) is 154 cm³/mol. The lowest BCUT2D eigenvalue weighted by Gasteiger charge is -2.27. The number of hydrogen-bond acceptors (Lipinski definition) is 6. The summed E-state index contributed by atoms with van der Waals surface area (Å²) in [5.74, 6) is 0.868. The number of nitrogens with one attached hydrogen (secondary N) is 1. The van der Waals surface area contributed by atoms with Crippen LogP contribution >= 0.6 is 0 Å². The molecule has 1 aromatic heterocycles. The number of H-pyrrole nitrogens is 1. The fraction of sp³-hybridized carbons (Fsp3) is 0.484. The van der Waals surface area contributed by atoms with E-state index in [9.17, 15) is 26.4 Å². The van der Waals surface area contributed by atoms with Crippen LogP contribution in [0.5, 0.6) is 5.75 Å². The summed E-state index contributed by atoms with van der Waals surface area (Å²) in [5.41, 5.74) is -1.34. The Balaban J connectivity index is 1.26. The monoisotopic (exact) mass is 617 g/mol. The quantitative estimate of drug-likeness (QED) is 0.233. The zero-order chi connectivity index (χ0) is 30.9. The van der Waals surface area contributed by atoms with E-state index in [1.165, 1.54) is 6.07 Å². The lowest BCUT2D eigenvalue weighted by Crippen LogP contribution is -2.37. The Morgan fingerprint density at radius 3 is 2.28 bits per heavy atom. The highest BCUT2D eigenvalue weighted by Crippen LogP contribution is 2.58. The number of aromatic nitrogens is 2. The summed E-state index contributed by atoms with van der Waals surface area (Å²) in [7, 11) is -5.77. The number of halogens is 3. The third-order valence-corrected chi connectivity index (χ3v) is 9.49. The summed E-state index contributed by atoms with van der Waals surface area (Å²) in [6.45, 7) is 8.20. The summed E-state index contributed by atoms with van der Waals surface area (Å²) in [4.78, 5) is 22.7. The zero-order valence-electron chi connectivity index (χ0n) is 24.4. The molecule has 6 rings (SSSR count). The Labute approximate surface area is 248 Å². The highest BCUT2D eigenvalue weighted by Gasteiger charge is 2.50. The van der Waals surface area contributed by atoms with Crippen LogP contribution in [0, 0.1) is 5.92 Å². The van der Waals surface area contributed by atoms with Crippen LogP contribution in [0.2, 0.25) is 0 Å². The van der Waals surface area contributed by atoms with Crippen LogP contribution in [0.15, 0.2) is 42.6 Å². The molecule has 1 saturated heterocycles. The third-order valence-electron chi connectivity index (χ3n) is 8.52. The molecule has 2 heterocycles. The van der Waals surface area contributed by atoms with E-state index in [0.29, 0.717) is 23.9 Å². The highest BCUT2D eigenvalue weighted by molar-refractivity contribution is 7.88. The normalized spacial score (nSPS) is 23.5. The fourth-order valence-electron chi connectivity index (χ4n) is 6.78. The van der Waals surface area contributed by atoms with Crippen LogP contribution in [0.1, 0.15) is 88.2 Å². The van der Waals surface area contributed by atoms with Gasteiger partial charge in [0.1, 0.15) is 17.2 Å². The van der Waals surface area contributed by atoms with Crippen molar-refractivity contribution in [2.24, 2.45) is 5.92 Å². The van der Waals surface area contributed by atoms with E-state index in [1.54, 1.807) is 11.0 Å². The lowest BCUT2D eigenvalue weighted by molar-refractivity contribution is -0.0500. The van der Waals surface area contributed by atoms with Gasteiger partial charge >= 0.3 is 21.7 Å². The standard InChI is InChI=1S/C31H34F3N3O5S/c1-17-13-24(37(16-17)29(38)41-30(2,3)4)28-35-15-23(36-28)19-7-5-18(6-8-19)22-11-12-25(42-43(39,40)31(32,33)34)27-21-10-9-20(14-21)26(22)27/h5-8,11-12,15,17,20-21,24H,9-10,13-14,16H2,1-4H3,(H,35,36)/t17-,20?,21?,24-/m0/s1. The molecule has 230 valence electrons. The number of amides is 1. The largest absolute Gasteiger partial charge is 0.534 e. The molecule has 2 bridgehead atoms. The summed E-state index contributed by atoms with van der Waals surface area (Å²) < 4.78 is 73.0. The number of alkyl halides is 3. The van der Waals surface area contributed by atoms with Gasteiger partial charge in [-0.2, -0.15) is 21.6 Å². The number of imidazole rings is 1. The second-order valence-corrected chi connectivity index (χ2v) is 14.4. The van der Waals surface area contributed by atoms with Crippen LogP contribution < -0.4 is 4.18 Å². The third kappa shape index (κ3) is 5.49. The second-order valence-electron chi connectivity index (χ2n) is 12.9.